The molecule has 0 aliphatic heterocycles. The lowest BCUT2D eigenvalue weighted by molar-refractivity contribution is -0.121. The molecule has 3 aromatic rings. The van der Waals surface area contributed by atoms with Gasteiger partial charge in [0.1, 0.15) is 4.21 Å². The molecule has 5 nitrogen and oxygen atoms in total. The summed E-state index contributed by atoms with van der Waals surface area (Å²) in [5.41, 5.74) is 1.65. The highest BCUT2D eigenvalue weighted by Gasteiger charge is 2.22. The number of nitrogens with one attached hydrogen (secondary N) is 1. The summed E-state index contributed by atoms with van der Waals surface area (Å²) in [6, 6.07) is 11.3. The number of thiophene rings is 1. The molecule has 4 rings (SSSR count). The first kappa shape index (κ1) is 21.1. The van der Waals surface area contributed by atoms with E-state index in [9.17, 15) is 13.2 Å². The number of nitrogens with zero attached hydrogens (tertiary/aromatic N) is 1. The van der Waals surface area contributed by atoms with Crippen molar-refractivity contribution < 1.29 is 13.2 Å². The van der Waals surface area contributed by atoms with Gasteiger partial charge >= 0.3 is 0 Å². The number of para-hydroxylation sites is 1. The van der Waals surface area contributed by atoms with E-state index in [1.165, 1.54) is 41.0 Å². The fourth-order valence-electron chi connectivity index (χ4n) is 4.29. The van der Waals surface area contributed by atoms with Gasteiger partial charge in [-0.25, -0.2) is 3.97 Å². The summed E-state index contributed by atoms with van der Waals surface area (Å²) in [6.45, 7) is 0. The molecule has 0 atom stereocenters. The van der Waals surface area contributed by atoms with Crippen LogP contribution in [0.4, 0.5) is 0 Å². The Balaban J connectivity index is 1.45. The zero-order chi connectivity index (χ0) is 21.0. The van der Waals surface area contributed by atoms with E-state index in [1.54, 1.807) is 23.7 Å². The molecule has 160 valence electrons. The molecule has 1 saturated carbocycles. The maximum absolute atomic E-state index is 13.1. The van der Waals surface area contributed by atoms with Crippen molar-refractivity contribution in [2.75, 3.05) is 0 Å². The summed E-state index contributed by atoms with van der Waals surface area (Å²) in [4.78, 5) is 12.4. The Morgan fingerprint density at radius 2 is 1.83 bits per heavy atom. The van der Waals surface area contributed by atoms with Gasteiger partial charge in [0.2, 0.25) is 5.91 Å². The van der Waals surface area contributed by atoms with Crippen LogP contribution in [0, 0.1) is 0 Å². The summed E-state index contributed by atoms with van der Waals surface area (Å²) < 4.78 is 27.8. The van der Waals surface area contributed by atoms with E-state index in [-0.39, 0.29) is 5.91 Å². The fraction of sp³-hybridized carbons (Fsp3) is 0.435. The fourth-order valence-corrected chi connectivity index (χ4v) is 6.76. The SMILES string of the molecule is O=C(CCCc1cn(S(=O)(=O)c2cccs2)c2ccccc12)NC1CCCCCC1. The number of amides is 1. The predicted molar refractivity (Wildman–Crippen MR) is 121 cm³/mol. The minimum absolute atomic E-state index is 0.108. The number of hydrogen-bond acceptors (Lipinski definition) is 4. The highest BCUT2D eigenvalue weighted by Crippen LogP contribution is 2.28. The molecule has 0 unspecified atom stereocenters. The molecule has 30 heavy (non-hydrogen) atoms. The summed E-state index contributed by atoms with van der Waals surface area (Å²) in [6.07, 6.45) is 10.7. The Bertz CT molecular complexity index is 1090. The van der Waals surface area contributed by atoms with Crippen molar-refractivity contribution in [1.29, 1.82) is 0 Å². The molecule has 0 saturated heterocycles. The number of rotatable bonds is 7. The van der Waals surface area contributed by atoms with Crippen LogP contribution in [0.2, 0.25) is 0 Å². The first-order valence-electron chi connectivity index (χ1n) is 10.7. The number of aryl methyl sites for hydroxylation is 1. The highest BCUT2D eigenvalue weighted by molar-refractivity contribution is 7.92. The monoisotopic (exact) mass is 444 g/mol. The Labute approximate surface area is 182 Å². The largest absolute Gasteiger partial charge is 0.353 e. The summed E-state index contributed by atoms with van der Waals surface area (Å²) in [5, 5.41) is 5.89. The third-order valence-electron chi connectivity index (χ3n) is 5.84. The molecule has 0 radical (unpaired) electrons. The van der Waals surface area contributed by atoms with Crippen LogP contribution in [-0.4, -0.2) is 24.3 Å². The smallest absolute Gasteiger partial charge is 0.277 e. The van der Waals surface area contributed by atoms with E-state index >= 15 is 0 Å². The molecule has 2 aromatic heterocycles. The molecule has 1 aliphatic carbocycles. The molecule has 1 N–H and O–H groups in total. The number of carbonyl (C=O) groups excluding carboxylic acids is 1. The summed E-state index contributed by atoms with van der Waals surface area (Å²) in [5.74, 6) is 0.108. The van der Waals surface area contributed by atoms with Gasteiger partial charge in [0.25, 0.3) is 10.0 Å². The maximum atomic E-state index is 13.1. The van der Waals surface area contributed by atoms with Gasteiger partial charge in [-0.3, -0.25) is 4.79 Å². The molecule has 1 aromatic carbocycles. The number of carbonyl (C=O) groups is 1. The maximum Gasteiger partial charge on any atom is 0.277 e. The van der Waals surface area contributed by atoms with Crippen LogP contribution in [0.25, 0.3) is 10.9 Å². The Morgan fingerprint density at radius 3 is 2.57 bits per heavy atom. The highest BCUT2D eigenvalue weighted by atomic mass is 32.2. The number of benzene rings is 1. The van der Waals surface area contributed by atoms with Crippen molar-refractivity contribution in [3.05, 3.63) is 53.5 Å². The van der Waals surface area contributed by atoms with Gasteiger partial charge in [0, 0.05) is 24.0 Å². The molecule has 0 spiro atoms. The lowest BCUT2D eigenvalue weighted by Crippen LogP contribution is -2.34. The third kappa shape index (κ3) is 4.62. The number of aromatic nitrogens is 1. The molecule has 1 amide bonds. The van der Waals surface area contributed by atoms with E-state index in [4.69, 9.17) is 0 Å². The van der Waals surface area contributed by atoms with Gasteiger partial charge in [0.15, 0.2) is 0 Å². The Kier molecular flexibility index (Phi) is 6.58. The number of hydrogen-bond donors (Lipinski definition) is 1. The molecule has 1 fully saturated rings. The van der Waals surface area contributed by atoms with Gasteiger partial charge in [0.05, 0.1) is 5.52 Å². The van der Waals surface area contributed by atoms with E-state index in [0.717, 1.165) is 23.8 Å². The van der Waals surface area contributed by atoms with Gasteiger partial charge < -0.3 is 5.32 Å². The van der Waals surface area contributed by atoms with E-state index in [1.807, 2.05) is 24.3 Å². The molecule has 0 bridgehead atoms. The standard InChI is InChI=1S/C23H28N2O3S2/c26-22(24-19-10-3-1-2-4-11-19)14-7-9-18-17-25(21-13-6-5-12-20(18)21)30(27,28)23-15-8-16-29-23/h5-6,8,12-13,15-17,19H,1-4,7,9-11,14H2,(H,24,26). The summed E-state index contributed by atoms with van der Waals surface area (Å²) in [7, 11) is -3.61. The molecule has 7 heteroatoms. The number of fused-ring (bicyclic) bond motifs is 1. The normalized spacial score (nSPS) is 15.9. The van der Waals surface area contributed by atoms with Crippen LogP contribution in [-0.2, 0) is 21.2 Å². The average Bonchev–Trinajstić information content (AvgIpc) is 3.33. The van der Waals surface area contributed by atoms with Crippen molar-refractivity contribution in [3.63, 3.8) is 0 Å². The van der Waals surface area contributed by atoms with Crippen molar-refractivity contribution in [3.8, 4) is 0 Å². The van der Waals surface area contributed by atoms with Gasteiger partial charge in [-0.1, -0.05) is 49.9 Å². The third-order valence-corrected chi connectivity index (χ3v) is 8.89. The van der Waals surface area contributed by atoms with Crippen LogP contribution < -0.4 is 5.32 Å². The van der Waals surface area contributed by atoms with Crippen LogP contribution in [0.1, 0.15) is 56.9 Å². The molecular formula is C23H28N2O3S2. The Hall–Kier alpha value is -2.12. The van der Waals surface area contributed by atoms with E-state index < -0.39 is 10.0 Å². The van der Waals surface area contributed by atoms with Crippen LogP contribution in [0.15, 0.2) is 52.2 Å². The second-order valence-corrected chi connectivity index (χ2v) is 11.0. The second-order valence-electron chi connectivity index (χ2n) is 8.01. The van der Waals surface area contributed by atoms with E-state index in [2.05, 4.69) is 5.32 Å². The zero-order valence-corrected chi connectivity index (χ0v) is 18.7. The van der Waals surface area contributed by atoms with E-state index in [0.29, 0.717) is 35.0 Å². The first-order valence-corrected chi connectivity index (χ1v) is 13.0. The average molecular weight is 445 g/mol. The first-order chi connectivity index (χ1) is 14.6. The lowest BCUT2D eigenvalue weighted by atomic mass is 10.1. The summed E-state index contributed by atoms with van der Waals surface area (Å²) >= 11 is 1.22. The topological polar surface area (TPSA) is 68.2 Å². The zero-order valence-electron chi connectivity index (χ0n) is 17.0. The molecular weight excluding hydrogens is 416 g/mol. The van der Waals surface area contributed by atoms with Crippen LogP contribution in [0.3, 0.4) is 0 Å². The van der Waals surface area contributed by atoms with Crippen LogP contribution >= 0.6 is 11.3 Å². The Morgan fingerprint density at radius 1 is 1.07 bits per heavy atom. The van der Waals surface area contributed by atoms with Crippen LogP contribution in [0.5, 0.6) is 0 Å². The lowest BCUT2D eigenvalue weighted by Gasteiger charge is -2.16. The molecule has 1 aliphatic rings. The van der Waals surface area contributed by atoms with Crippen molar-refractivity contribution in [1.82, 2.24) is 9.29 Å². The van der Waals surface area contributed by atoms with Gasteiger partial charge in [-0.15, -0.1) is 11.3 Å². The van der Waals surface area contributed by atoms with Crippen molar-refractivity contribution >= 4 is 38.2 Å². The van der Waals surface area contributed by atoms with Gasteiger partial charge in [-0.05, 0) is 48.8 Å². The second kappa shape index (κ2) is 9.35. The quantitative estimate of drug-likeness (QED) is 0.516. The minimum atomic E-state index is -3.61. The van der Waals surface area contributed by atoms with Gasteiger partial charge in [-0.2, -0.15) is 8.42 Å². The predicted octanol–water partition coefficient (Wildman–Crippen LogP) is 5.10. The van der Waals surface area contributed by atoms with Crippen molar-refractivity contribution in [2.45, 2.75) is 68.0 Å². The minimum Gasteiger partial charge on any atom is -0.353 e. The molecule has 2 heterocycles. The van der Waals surface area contributed by atoms with Crippen molar-refractivity contribution in [2.24, 2.45) is 0 Å².